The molecule has 0 saturated carbocycles. The lowest BCUT2D eigenvalue weighted by atomic mass is 10.2. The predicted molar refractivity (Wildman–Crippen MR) is 86.5 cm³/mol. The van der Waals surface area contributed by atoms with E-state index in [2.05, 4.69) is 20.6 Å². The van der Waals surface area contributed by atoms with Gasteiger partial charge in [-0.1, -0.05) is 6.92 Å². The molecule has 8 nitrogen and oxygen atoms in total. The van der Waals surface area contributed by atoms with Crippen LogP contribution < -0.4 is 10.9 Å². The highest BCUT2D eigenvalue weighted by Crippen LogP contribution is 2.20. The zero-order chi connectivity index (χ0) is 17.1. The SMILES string of the molecule is CCc1nnc(-c2ccc(NC(=O)c3ccc(=O)n(C)n3)cc2)o1. The zero-order valence-electron chi connectivity index (χ0n) is 13.2. The Balaban J connectivity index is 1.74. The second kappa shape index (κ2) is 6.45. The number of aromatic nitrogens is 4. The first-order valence-electron chi connectivity index (χ1n) is 7.35. The summed E-state index contributed by atoms with van der Waals surface area (Å²) in [6.07, 6.45) is 0.674. The molecular formula is C16H15N5O3. The summed E-state index contributed by atoms with van der Waals surface area (Å²) in [5, 5.41) is 14.5. The third kappa shape index (κ3) is 3.22. The van der Waals surface area contributed by atoms with Crippen molar-refractivity contribution in [2.75, 3.05) is 5.32 Å². The van der Waals surface area contributed by atoms with Gasteiger partial charge in [0.25, 0.3) is 11.5 Å². The minimum atomic E-state index is -0.399. The summed E-state index contributed by atoms with van der Waals surface area (Å²) in [4.78, 5) is 23.4. The summed E-state index contributed by atoms with van der Waals surface area (Å²) in [6, 6.07) is 9.69. The fraction of sp³-hybridized carbons (Fsp3) is 0.188. The molecule has 0 atom stereocenters. The topological polar surface area (TPSA) is 103 Å². The molecule has 0 bridgehead atoms. The second-order valence-electron chi connectivity index (χ2n) is 5.07. The largest absolute Gasteiger partial charge is 0.421 e. The van der Waals surface area contributed by atoms with Crippen LogP contribution in [0.15, 0.2) is 45.6 Å². The van der Waals surface area contributed by atoms with Gasteiger partial charge in [-0.3, -0.25) is 9.59 Å². The average molecular weight is 325 g/mol. The number of hydrogen-bond acceptors (Lipinski definition) is 6. The summed E-state index contributed by atoms with van der Waals surface area (Å²) < 4.78 is 6.59. The Kier molecular flexibility index (Phi) is 4.19. The maximum Gasteiger partial charge on any atom is 0.276 e. The molecule has 0 spiro atoms. The fourth-order valence-corrected chi connectivity index (χ4v) is 2.03. The highest BCUT2D eigenvalue weighted by Gasteiger charge is 2.10. The monoisotopic (exact) mass is 325 g/mol. The molecule has 8 heteroatoms. The number of hydrogen-bond donors (Lipinski definition) is 1. The molecule has 0 saturated heterocycles. The highest BCUT2D eigenvalue weighted by atomic mass is 16.4. The van der Waals surface area contributed by atoms with Crippen molar-refractivity contribution < 1.29 is 9.21 Å². The third-order valence-electron chi connectivity index (χ3n) is 3.35. The van der Waals surface area contributed by atoms with Crippen LogP contribution in [-0.4, -0.2) is 25.9 Å². The molecule has 3 aromatic rings. The van der Waals surface area contributed by atoms with Crippen LogP contribution in [0.4, 0.5) is 5.69 Å². The number of nitrogens with zero attached hydrogens (tertiary/aromatic N) is 4. The summed E-state index contributed by atoms with van der Waals surface area (Å²) >= 11 is 0. The van der Waals surface area contributed by atoms with Crippen LogP contribution in [0.1, 0.15) is 23.3 Å². The smallest absolute Gasteiger partial charge is 0.276 e. The van der Waals surface area contributed by atoms with Crippen molar-refractivity contribution in [3.05, 3.63) is 58.3 Å². The van der Waals surface area contributed by atoms with Crippen LogP contribution in [0.3, 0.4) is 0 Å². The van der Waals surface area contributed by atoms with Gasteiger partial charge in [0.15, 0.2) is 0 Å². The van der Waals surface area contributed by atoms with E-state index in [0.29, 0.717) is 23.9 Å². The first-order chi connectivity index (χ1) is 11.6. The van der Waals surface area contributed by atoms with E-state index in [4.69, 9.17) is 4.42 Å². The summed E-state index contributed by atoms with van der Waals surface area (Å²) in [5.41, 5.74) is 1.24. The molecule has 24 heavy (non-hydrogen) atoms. The minimum Gasteiger partial charge on any atom is -0.421 e. The van der Waals surface area contributed by atoms with Gasteiger partial charge in [0.2, 0.25) is 11.8 Å². The number of anilines is 1. The fourth-order valence-electron chi connectivity index (χ4n) is 2.03. The normalized spacial score (nSPS) is 10.6. The summed E-state index contributed by atoms with van der Waals surface area (Å²) in [6.45, 7) is 1.93. The van der Waals surface area contributed by atoms with E-state index < -0.39 is 5.91 Å². The van der Waals surface area contributed by atoms with Gasteiger partial charge in [-0.05, 0) is 30.3 Å². The molecule has 2 heterocycles. The molecule has 0 radical (unpaired) electrons. The number of aryl methyl sites for hydroxylation is 2. The van der Waals surface area contributed by atoms with Crippen LogP contribution in [0.25, 0.3) is 11.5 Å². The van der Waals surface area contributed by atoms with Gasteiger partial charge in [0.1, 0.15) is 5.69 Å². The molecule has 2 aromatic heterocycles. The van der Waals surface area contributed by atoms with Crippen molar-refractivity contribution in [2.45, 2.75) is 13.3 Å². The van der Waals surface area contributed by atoms with E-state index in [-0.39, 0.29) is 11.3 Å². The van der Waals surface area contributed by atoms with Crippen LogP contribution >= 0.6 is 0 Å². The van der Waals surface area contributed by atoms with E-state index in [1.807, 2.05) is 6.92 Å². The van der Waals surface area contributed by atoms with Crippen molar-refractivity contribution in [2.24, 2.45) is 7.05 Å². The molecule has 0 aliphatic carbocycles. The van der Waals surface area contributed by atoms with Gasteiger partial charge in [-0.25, -0.2) is 4.68 Å². The lowest BCUT2D eigenvalue weighted by molar-refractivity contribution is 0.102. The van der Waals surface area contributed by atoms with Crippen molar-refractivity contribution in [1.82, 2.24) is 20.0 Å². The lowest BCUT2D eigenvalue weighted by Gasteiger charge is -2.05. The van der Waals surface area contributed by atoms with Crippen molar-refractivity contribution in [1.29, 1.82) is 0 Å². The second-order valence-corrected chi connectivity index (χ2v) is 5.07. The number of carbonyl (C=O) groups is 1. The van der Waals surface area contributed by atoms with E-state index in [1.165, 1.54) is 19.2 Å². The van der Waals surface area contributed by atoms with Crippen LogP contribution in [-0.2, 0) is 13.5 Å². The minimum absolute atomic E-state index is 0.158. The Morgan fingerprint density at radius 3 is 2.54 bits per heavy atom. The van der Waals surface area contributed by atoms with Crippen molar-refractivity contribution >= 4 is 11.6 Å². The molecule has 0 unspecified atom stereocenters. The van der Waals surface area contributed by atoms with E-state index in [0.717, 1.165) is 10.2 Å². The van der Waals surface area contributed by atoms with E-state index in [9.17, 15) is 9.59 Å². The summed E-state index contributed by atoms with van der Waals surface area (Å²) in [7, 11) is 1.49. The van der Waals surface area contributed by atoms with E-state index in [1.54, 1.807) is 24.3 Å². The number of nitrogens with one attached hydrogen (secondary N) is 1. The van der Waals surface area contributed by atoms with Crippen LogP contribution in [0.2, 0.25) is 0 Å². The Bertz CT molecular complexity index is 927. The molecule has 0 fully saturated rings. The Labute approximate surface area is 137 Å². The average Bonchev–Trinajstić information content (AvgIpc) is 3.07. The van der Waals surface area contributed by atoms with Gasteiger partial charge < -0.3 is 9.73 Å². The molecule has 0 aliphatic heterocycles. The van der Waals surface area contributed by atoms with Crippen LogP contribution in [0.5, 0.6) is 0 Å². The molecule has 1 aromatic carbocycles. The Hall–Kier alpha value is -3.29. The number of amides is 1. The maximum absolute atomic E-state index is 12.1. The number of benzene rings is 1. The highest BCUT2D eigenvalue weighted by molar-refractivity contribution is 6.02. The number of rotatable bonds is 4. The van der Waals surface area contributed by atoms with Gasteiger partial charge in [0, 0.05) is 30.8 Å². The van der Waals surface area contributed by atoms with Crippen molar-refractivity contribution in [3.8, 4) is 11.5 Å². The lowest BCUT2D eigenvalue weighted by Crippen LogP contribution is -2.23. The first kappa shape index (κ1) is 15.6. The van der Waals surface area contributed by atoms with Gasteiger partial charge in [0.05, 0.1) is 0 Å². The summed E-state index contributed by atoms with van der Waals surface area (Å²) in [5.74, 6) is 0.608. The Morgan fingerprint density at radius 2 is 1.92 bits per heavy atom. The number of carbonyl (C=O) groups excluding carboxylic acids is 1. The van der Waals surface area contributed by atoms with Gasteiger partial charge in [-0.2, -0.15) is 5.10 Å². The zero-order valence-corrected chi connectivity index (χ0v) is 13.2. The maximum atomic E-state index is 12.1. The third-order valence-corrected chi connectivity index (χ3v) is 3.35. The molecule has 122 valence electrons. The van der Waals surface area contributed by atoms with Gasteiger partial charge >= 0.3 is 0 Å². The standard InChI is InChI=1S/C16H15N5O3/c1-3-13-18-19-16(24-13)10-4-6-11(7-5-10)17-15(23)12-8-9-14(22)21(2)20-12/h4-9H,3H2,1-2H3,(H,17,23). The predicted octanol–water partition coefficient (Wildman–Crippen LogP) is 1.65. The molecule has 0 aliphatic rings. The van der Waals surface area contributed by atoms with Crippen molar-refractivity contribution in [3.63, 3.8) is 0 Å². The van der Waals surface area contributed by atoms with E-state index >= 15 is 0 Å². The molecule has 3 rings (SSSR count). The van der Waals surface area contributed by atoms with Gasteiger partial charge in [-0.15, -0.1) is 10.2 Å². The van der Waals surface area contributed by atoms with Crippen LogP contribution in [0, 0.1) is 0 Å². The quantitative estimate of drug-likeness (QED) is 0.782. The molecule has 1 amide bonds. The first-order valence-corrected chi connectivity index (χ1v) is 7.35. The molecular weight excluding hydrogens is 310 g/mol. The molecule has 1 N–H and O–H groups in total. The Morgan fingerprint density at radius 1 is 1.17 bits per heavy atom.